The average molecular weight is 839 g/mol. The number of carbonyl (C=O) groups is 1. The topological polar surface area (TPSA) is 283 Å². The van der Waals surface area contributed by atoms with E-state index in [1.165, 1.54) is 11.6 Å². The maximum absolute atomic E-state index is 11.0. The molecule has 300 valence electrons. The van der Waals surface area contributed by atoms with Crippen LogP contribution < -0.4 is 17.6 Å². The van der Waals surface area contributed by atoms with Gasteiger partial charge in [0.1, 0.15) is 11.0 Å². The number of aromatic nitrogens is 2. The molecule has 5 rings (SSSR count). The Balaban J connectivity index is -0.000000328. The summed E-state index contributed by atoms with van der Waals surface area (Å²) in [6.45, 7) is 21.5. The normalized spacial score (nSPS) is 10.8. The molecule has 53 heavy (non-hydrogen) atoms. The molecule has 3 aromatic carbocycles. The van der Waals surface area contributed by atoms with Gasteiger partial charge >= 0.3 is 11.4 Å². The van der Waals surface area contributed by atoms with Gasteiger partial charge in [-0.1, -0.05) is 62.3 Å². The molecule has 0 atom stereocenters. The van der Waals surface area contributed by atoms with Crippen molar-refractivity contribution in [1.82, 2.24) is 16.1 Å². The second-order valence-corrected chi connectivity index (χ2v) is 14.5. The number of nitrogen functional groups attached to an aromatic ring is 2. The van der Waals surface area contributed by atoms with E-state index in [1.54, 1.807) is 19.1 Å². The van der Waals surface area contributed by atoms with Crippen LogP contribution in [0.4, 0.5) is 22.7 Å². The summed E-state index contributed by atoms with van der Waals surface area (Å²) >= 11 is 0. The maximum atomic E-state index is 11.0. The second kappa shape index (κ2) is 19.1. The molecule has 0 aliphatic carbocycles. The van der Waals surface area contributed by atoms with Gasteiger partial charge in [0.2, 0.25) is 11.3 Å². The molecule has 0 aliphatic heterocycles. The van der Waals surface area contributed by atoms with Crippen LogP contribution >= 0.6 is 0 Å². The van der Waals surface area contributed by atoms with Crippen molar-refractivity contribution in [3.8, 4) is 5.75 Å². The van der Waals surface area contributed by atoms with Crippen molar-refractivity contribution in [2.75, 3.05) is 11.5 Å². The second-order valence-electron chi connectivity index (χ2n) is 14.5. The van der Waals surface area contributed by atoms with Gasteiger partial charge in [0.25, 0.3) is 6.47 Å². The van der Waals surface area contributed by atoms with Crippen LogP contribution in [-0.4, -0.2) is 36.5 Å². The van der Waals surface area contributed by atoms with E-state index in [-0.39, 0.29) is 82.2 Å². The fraction of sp³-hybridized carbons (Fsp3) is 0.389. The van der Waals surface area contributed by atoms with Crippen molar-refractivity contribution in [2.45, 2.75) is 92.4 Å². The zero-order valence-corrected chi connectivity index (χ0v) is 33.8. The number of nitro benzene ring substituents is 2. The van der Waals surface area contributed by atoms with Crippen molar-refractivity contribution in [2.24, 2.45) is 0 Å². The molecule has 0 radical (unpaired) electrons. The van der Waals surface area contributed by atoms with Gasteiger partial charge in [-0.2, -0.15) is 0 Å². The quantitative estimate of drug-likeness (QED) is 0.0211. The molecule has 2 heterocycles. The van der Waals surface area contributed by atoms with Gasteiger partial charge < -0.3 is 44.1 Å². The van der Waals surface area contributed by atoms with E-state index in [9.17, 15) is 25.3 Å². The first-order valence-corrected chi connectivity index (χ1v) is 15.4. The van der Waals surface area contributed by atoms with E-state index in [0.29, 0.717) is 28.6 Å². The predicted octanol–water partition coefficient (Wildman–Crippen LogP) is 9.34. The van der Waals surface area contributed by atoms with Gasteiger partial charge in [0.15, 0.2) is 17.4 Å². The van der Waals surface area contributed by atoms with Gasteiger partial charge in [-0.05, 0) is 57.2 Å². The first-order chi connectivity index (χ1) is 22.8. The monoisotopic (exact) mass is 838 g/mol. The minimum atomic E-state index is -0.638. The Labute approximate surface area is 325 Å². The van der Waals surface area contributed by atoms with Crippen LogP contribution in [0.1, 0.15) is 93.6 Å². The number of fused-ring (bicyclic) bond motifs is 2. The number of phenols is 1. The molecule has 0 unspecified atom stereocenters. The molecule has 16 nitrogen and oxygen atoms in total. The number of nitrogens with two attached hydrogens (primary N) is 2. The molecule has 0 saturated heterocycles. The van der Waals surface area contributed by atoms with E-state index in [2.05, 4.69) is 30.7 Å². The summed E-state index contributed by atoms with van der Waals surface area (Å²) in [5.74, 6) is 0.630. The summed E-state index contributed by atoms with van der Waals surface area (Å²) in [6.07, 6.45) is 0. The zero-order valence-electron chi connectivity index (χ0n) is 32.3. The molecule has 2 aromatic heterocycles. The van der Waals surface area contributed by atoms with E-state index in [1.807, 2.05) is 66.7 Å². The molecule has 17 heteroatoms. The molecule has 0 aliphatic rings. The van der Waals surface area contributed by atoms with Crippen molar-refractivity contribution in [3.63, 3.8) is 0 Å². The number of rotatable bonds is 2. The maximum Gasteiger partial charge on any atom is 0.314 e. The third kappa shape index (κ3) is 13.1. The van der Waals surface area contributed by atoms with Crippen molar-refractivity contribution < 1.29 is 57.0 Å². The largest absolute Gasteiger partial charge is 0.501 e. The third-order valence-corrected chi connectivity index (χ3v) is 7.31. The van der Waals surface area contributed by atoms with E-state index in [4.69, 9.17) is 30.2 Å². The Hall–Kier alpha value is -5.11. The van der Waals surface area contributed by atoms with Crippen LogP contribution in [0.15, 0.2) is 45.2 Å². The number of aromatic hydroxyl groups is 1. The summed E-state index contributed by atoms with van der Waals surface area (Å²) in [6, 6.07) is 10.3. The molecular weight excluding hydrogens is 781 g/mol. The number of nitrogens with zero attached hydrogens (tertiary/aromatic N) is 4. The number of hydrogen-bond donors (Lipinski definition) is 5. The van der Waals surface area contributed by atoms with Gasteiger partial charge in [-0.3, -0.25) is 25.0 Å². The number of oxazole rings is 2. The average Bonchev–Trinajstić information content (AvgIpc) is 3.54. The summed E-state index contributed by atoms with van der Waals surface area (Å²) in [7, 11) is 0. The molecule has 0 amide bonds. The minimum Gasteiger partial charge on any atom is -0.501 e. The Morgan fingerprint density at radius 1 is 0.698 bits per heavy atom. The van der Waals surface area contributed by atoms with Crippen LogP contribution in [-0.2, 0) is 41.5 Å². The number of carboxylic acid groups (broad SMARTS) is 1. The summed E-state index contributed by atoms with van der Waals surface area (Å²) in [5, 5.41) is 37.9. The number of aryl methyl sites for hydroxylation is 2. The van der Waals surface area contributed by atoms with Crippen LogP contribution in [0.2, 0.25) is 0 Å². The summed E-state index contributed by atoms with van der Waals surface area (Å²) < 4.78 is 10.7. The molecule has 0 fully saturated rings. The molecule has 9 N–H and O–H groups in total. The SMILES string of the molecule is CC(C)(C)c1cc(N)c(O)c([N+](=O)[O-])c1.Cc1nc2cc(C(C)(C)C)cc(N)c2o1.Cc1nc2cc(C(C)(C)C)cc([N+](=O)[O-])c2o1.N.O=CO.[2HH].[2HH].[CH3-].[Pd]. The van der Waals surface area contributed by atoms with Gasteiger partial charge in [0, 0.05) is 49.3 Å². The Morgan fingerprint density at radius 3 is 1.42 bits per heavy atom. The molecule has 5 aromatic rings. The summed E-state index contributed by atoms with van der Waals surface area (Å²) in [5.41, 5.74) is 16.6. The number of non-ortho nitro benzene ring substituents is 1. The Kier molecular flexibility index (Phi) is 18.0. The fourth-order valence-electron chi connectivity index (χ4n) is 4.51. The van der Waals surface area contributed by atoms with E-state index < -0.39 is 15.6 Å². The Morgan fingerprint density at radius 2 is 1.02 bits per heavy atom. The molecule has 0 spiro atoms. The third-order valence-electron chi connectivity index (χ3n) is 7.31. The van der Waals surface area contributed by atoms with Gasteiger partial charge in [-0.25, -0.2) is 9.97 Å². The molecule has 0 bridgehead atoms. The van der Waals surface area contributed by atoms with E-state index in [0.717, 1.165) is 16.6 Å². The number of phenolic OH excluding ortho intramolecular Hbond substituents is 1. The van der Waals surface area contributed by atoms with Crippen molar-refractivity contribution >= 4 is 51.4 Å². The smallest absolute Gasteiger partial charge is 0.314 e. The van der Waals surface area contributed by atoms with E-state index >= 15 is 0 Å². The molecular formula is C36H56N7O9Pd-. The summed E-state index contributed by atoms with van der Waals surface area (Å²) in [4.78, 5) is 37.4. The first kappa shape index (κ1) is 50.0. The van der Waals surface area contributed by atoms with Crippen molar-refractivity contribution in [3.05, 3.63) is 92.5 Å². The zero-order chi connectivity index (χ0) is 38.5. The molecule has 0 saturated carbocycles. The number of nitro groups is 2. The van der Waals surface area contributed by atoms with Crippen LogP contribution in [0.5, 0.6) is 5.75 Å². The van der Waals surface area contributed by atoms with Crippen molar-refractivity contribution in [1.29, 1.82) is 0 Å². The number of anilines is 2. The first-order valence-electron chi connectivity index (χ1n) is 15.4. The van der Waals surface area contributed by atoms with Crippen LogP contribution in [0.25, 0.3) is 22.2 Å². The van der Waals surface area contributed by atoms with Crippen LogP contribution in [0.3, 0.4) is 0 Å². The van der Waals surface area contributed by atoms with Gasteiger partial charge in [-0.15, -0.1) is 0 Å². The van der Waals surface area contributed by atoms with Crippen LogP contribution in [0, 0.1) is 41.5 Å². The standard InChI is InChI=1S/C12H14N2O3.C12H16N2O.C10H14N2O3.CH2O2.CH3.H3N.Pd.2H2/c1-7-13-9-5-8(12(2,3)4)6-10(14(15)16)11(9)17-7;1-7-14-10-6-8(12(2,3)4)5-9(13)11(10)15-7;1-10(2,3)6-4-7(11)9(13)8(5-6)12(14)15;2-1-3;;;;;/h5-6H,1-4H3;5-6H,13H2,1-4H3;4-5,13H,11H2,1-3H3;1H,(H,2,3);2*1H3;;2*1H/q;;;;-1;;;;/i;;;;;;;2*1+1. The number of hydrogen-bond acceptors (Lipinski definition) is 13. The number of benzene rings is 3. The minimum absolute atomic E-state index is 0. The van der Waals surface area contributed by atoms with Gasteiger partial charge in [0.05, 0.1) is 21.2 Å². The Bertz CT molecular complexity index is 2030. The predicted molar refractivity (Wildman–Crippen MR) is 208 cm³/mol. The fourth-order valence-corrected chi connectivity index (χ4v) is 4.51.